The molecule has 0 spiro atoms. The van der Waals surface area contributed by atoms with Crippen LogP contribution in [-0.2, 0) is 6.42 Å². The fourth-order valence-corrected chi connectivity index (χ4v) is 2.28. The molecule has 0 aromatic carbocycles. The Morgan fingerprint density at radius 3 is 2.92 bits per heavy atom. The van der Waals surface area contributed by atoms with E-state index in [1.54, 1.807) is 11.3 Å². The molecule has 0 amide bonds. The molecule has 2 rings (SSSR count). The Morgan fingerprint density at radius 2 is 2.31 bits per heavy atom. The third kappa shape index (κ3) is 2.25. The number of hydrogen-bond acceptors (Lipinski definition) is 4. The molecule has 2 N–H and O–H groups in total. The van der Waals surface area contributed by atoms with Crippen LogP contribution in [0.5, 0.6) is 0 Å². The van der Waals surface area contributed by atoms with Crippen molar-refractivity contribution in [2.24, 2.45) is 11.7 Å². The second-order valence-electron chi connectivity index (χ2n) is 3.70. The number of hydrogen-bond donors (Lipinski definition) is 1. The van der Waals surface area contributed by atoms with E-state index in [2.05, 4.69) is 17.1 Å². The smallest absolute Gasteiger partial charge is 0.134 e. The van der Waals surface area contributed by atoms with E-state index in [9.17, 15) is 0 Å². The largest absolute Gasteiger partial charge is 0.322 e. The summed E-state index contributed by atoms with van der Waals surface area (Å²) in [5, 5.41) is 10.4. The molecule has 13 heavy (non-hydrogen) atoms. The fraction of sp³-hybridized carbons (Fsp3) is 0.778. The van der Waals surface area contributed by atoms with Crippen LogP contribution in [0.15, 0.2) is 0 Å². The molecule has 0 radical (unpaired) electrons. The molecule has 1 heterocycles. The normalized spacial score (nSPS) is 18.9. The standard InChI is InChI=1S/C9H15N3S/c1-2-7(10)9-12-11-8(13-9)5-6-3-4-6/h6-7H,2-5,10H2,1H3. The summed E-state index contributed by atoms with van der Waals surface area (Å²) in [5.41, 5.74) is 5.86. The number of rotatable bonds is 4. The molecule has 4 heteroatoms. The molecule has 0 bridgehead atoms. The van der Waals surface area contributed by atoms with E-state index >= 15 is 0 Å². The van der Waals surface area contributed by atoms with Crippen LogP contribution < -0.4 is 5.73 Å². The Balaban J connectivity index is 1.99. The zero-order chi connectivity index (χ0) is 9.26. The first-order valence-corrected chi connectivity index (χ1v) is 5.69. The van der Waals surface area contributed by atoms with Crippen molar-refractivity contribution in [3.8, 4) is 0 Å². The summed E-state index contributed by atoms with van der Waals surface area (Å²) < 4.78 is 0. The lowest BCUT2D eigenvalue weighted by molar-refractivity contribution is 0.680. The van der Waals surface area contributed by atoms with Crippen molar-refractivity contribution in [1.29, 1.82) is 0 Å². The fourth-order valence-electron chi connectivity index (χ4n) is 1.24. The van der Waals surface area contributed by atoms with Crippen molar-refractivity contribution in [3.05, 3.63) is 10.0 Å². The van der Waals surface area contributed by atoms with Gasteiger partial charge in [-0.15, -0.1) is 10.2 Å². The van der Waals surface area contributed by atoms with E-state index in [1.165, 1.54) is 17.8 Å². The first kappa shape index (κ1) is 9.09. The van der Waals surface area contributed by atoms with Crippen LogP contribution in [0.25, 0.3) is 0 Å². The number of aromatic nitrogens is 2. The first-order chi connectivity index (χ1) is 6.29. The molecule has 1 aliphatic rings. The third-order valence-corrected chi connectivity index (χ3v) is 3.48. The van der Waals surface area contributed by atoms with Crippen LogP contribution in [0.2, 0.25) is 0 Å². The maximum absolute atomic E-state index is 5.86. The summed E-state index contributed by atoms with van der Waals surface area (Å²) in [6, 6.07) is 0.0884. The van der Waals surface area contributed by atoms with E-state index < -0.39 is 0 Å². The van der Waals surface area contributed by atoms with Gasteiger partial charge in [0, 0.05) is 6.42 Å². The van der Waals surface area contributed by atoms with Crippen molar-refractivity contribution >= 4 is 11.3 Å². The van der Waals surface area contributed by atoms with E-state index in [0.29, 0.717) is 0 Å². The summed E-state index contributed by atoms with van der Waals surface area (Å²) in [5.74, 6) is 0.888. The van der Waals surface area contributed by atoms with Crippen molar-refractivity contribution in [2.75, 3.05) is 0 Å². The molecular formula is C9H15N3S. The van der Waals surface area contributed by atoms with Gasteiger partial charge in [-0.3, -0.25) is 0 Å². The summed E-state index contributed by atoms with van der Waals surface area (Å²) in [7, 11) is 0. The van der Waals surface area contributed by atoms with Crippen LogP contribution in [0.4, 0.5) is 0 Å². The molecule has 1 aromatic heterocycles. The van der Waals surface area contributed by atoms with Crippen LogP contribution in [0, 0.1) is 5.92 Å². The Hall–Kier alpha value is -0.480. The highest BCUT2D eigenvalue weighted by Gasteiger charge is 2.23. The molecule has 3 nitrogen and oxygen atoms in total. The Labute approximate surface area is 82.4 Å². The van der Waals surface area contributed by atoms with E-state index in [-0.39, 0.29) is 6.04 Å². The van der Waals surface area contributed by atoms with Crippen LogP contribution in [0.1, 0.15) is 42.2 Å². The molecule has 1 fully saturated rings. The molecule has 0 saturated heterocycles. The quantitative estimate of drug-likeness (QED) is 0.802. The lowest BCUT2D eigenvalue weighted by atomic mass is 10.3. The lowest BCUT2D eigenvalue weighted by Crippen LogP contribution is -2.07. The zero-order valence-electron chi connectivity index (χ0n) is 7.86. The molecule has 1 unspecified atom stereocenters. The highest BCUT2D eigenvalue weighted by molar-refractivity contribution is 7.11. The molecule has 1 saturated carbocycles. The molecular weight excluding hydrogens is 182 g/mol. The van der Waals surface area contributed by atoms with E-state index in [1.807, 2.05) is 0 Å². The summed E-state index contributed by atoms with van der Waals surface area (Å²) in [4.78, 5) is 0. The molecule has 1 aliphatic carbocycles. The van der Waals surface area contributed by atoms with E-state index in [0.717, 1.165) is 23.8 Å². The second-order valence-corrected chi connectivity index (χ2v) is 4.79. The van der Waals surface area contributed by atoms with Gasteiger partial charge in [-0.25, -0.2) is 0 Å². The number of nitrogens with zero attached hydrogens (tertiary/aromatic N) is 2. The van der Waals surface area contributed by atoms with Gasteiger partial charge in [0.15, 0.2) is 0 Å². The monoisotopic (exact) mass is 197 g/mol. The van der Waals surface area contributed by atoms with Gasteiger partial charge in [-0.2, -0.15) is 0 Å². The Kier molecular flexibility index (Phi) is 2.60. The van der Waals surface area contributed by atoms with Crippen LogP contribution >= 0.6 is 11.3 Å². The Bertz CT molecular complexity index is 280. The average Bonchev–Trinajstić information content (AvgIpc) is 2.81. The first-order valence-electron chi connectivity index (χ1n) is 4.87. The second kappa shape index (κ2) is 3.72. The summed E-state index contributed by atoms with van der Waals surface area (Å²) >= 11 is 1.69. The zero-order valence-corrected chi connectivity index (χ0v) is 8.68. The van der Waals surface area contributed by atoms with Crippen molar-refractivity contribution in [2.45, 2.75) is 38.6 Å². The van der Waals surface area contributed by atoms with Crippen molar-refractivity contribution < 1.29 is 0 Å². The van der Waals surface area contributed by atoms with Gasteiger partial charge < -0.3 is 5.73 Å². The van der Waals surface area contributed by atoms with Gasteiger partial charge in [0.25, 0.3) is 0 Å². The maximum atomic E-state index is 5.86. The molecule has 1 atom stereocenters. The maximum Gasteiger partial charge on any atom is 0.134 e. The topological polar surface area (TPSA) is 51.8 Å². The minimum absolute atomic E-state index is 0.0884. The van der Waals surface area contributed by atoms with Gasteiger partial charge in [0.1, 0.15) is 10.0 Å². The molecule has 72 valence electrons. The Morgan fingerprint density at radius 1 is 1.54 bits per heavy atom. The molecule has 0 aliphatic heterocycles. The van der Waals surface area contributed by atoms with Crippen molar-refractivity contribution in [1.82, 2.24) is 10.2 Å². The highest BCUT2D eigenvalue weighted by atomic mass is 32.1. The van der Waals surface area contributed by atoms with Gasteiger partial charge in [0.05, 0.1) is 6.04 Å². The van der Waals surface area contributed by atoms with Gasteiger partial charge >= 0.3 is 0 Å². The van der Waals surface area contributed by atoms with Gasteiger partial charge in [-0.05, 0) is 25.2 Å². The summed E-state index contributed by atoms with van der Waals surface area (Å²) in [6.45, 7) is 2.08. The highest BCUT2D eigenvalue weighted by Crippen LogP contribution is 2.33. The predicted molar refractivity (Wildman–Crippen MR) is 53.6 cm³/mol. The minimum atomic E-state index is 0.0884. The predicted octanol–water partition coefficient (Wildman–Crippen LogP) is 1.90. The third-order valence-electron chi connectivity index (χ3n) is 2.40. The SMILES string of the molecule is CCC(N)c1nnc(CC2CC2)s1. The minimum Gasteiger partial charge on any atom is -0.322 e. The average molecular weight is 197 g/mol. The van der Waals surface area contributed by atoms with Gasteiger partial charge in [-0.1, -0.05) is 18.3 Å². The summed E-state index contributed by atoms with van der Waals surface area (Å²) in [6.07, 6.45) is 4.80. The lowest BCUT2D eigenvalue weighted by Gasteiger charge is -2.00. The number of nitrogens with two attached hydrogens (primary N) is 1. The van der Waals surface area contributed by atoms with Crippen LogP contribution in [-0.4, -0.2) is 10.2 Å². The van der Waals surface area contributed by atoms with Crippen LogP contribution in [0.3, 0.4) is 0 Å². The molecule has 1 aromatic rings. The van der Waals surface area contributed by atoms with Gasteiger partial charge in [0.2, 0.25) is 0 Å². The van der Waals surface area contributed by atoms with Crippen molar-refractivity contribution in [3.63, 3.8) is 0 Å². The van der Waals surface area contributed by atoms with E-state index in [4.69, 9.17) is 5.73 Å².